The highest BCUT2D eigenvalue weighted by atomic mass is 28.3. The number of rotatable bonds is 2. The normalized spacial score (nSPS) is 12.8. The quantitative estimate of drug-likeness (QED) is 0.199. The molecule has 0 bridgehead atoms. The van der Waals surface area contributed by atoms with Gasteiger partial charge in [0.1, 0.15) is 18.2 Å². The number of para-hydroxylation sites is 2. The van der Waals surface area contributed by atoms with Crippen LogP contribution in [0.2, 0.25) is 18.1 Å². The Morgan fingerprint density at radius 1 is 0.818 bits per heavy atom. The third-order valence-electron chi connectivity index (χ3n) is 8.19. The second-order valence-corrected chi connectivity index (χ2v) is 16.4. The van der Waals surface area contributed by atoms with Crippen LogP contribution in [0.4, 0.5) is 0 Å². The highest BCUT2D eigenvalue weighted by Gasteiger charge is 2.40. The summed E-state index contributed by atoms with van der Waals surface area (Å²) in [6.07, 6.45) is 0. The first-order chi connectivity index (χ1) is 15.5. The summed E-state index contributed by atoms with van der Waals surface area (Å²) in [5, 5.41) is 5.52. The van der Waals surface area contributed by atoms with Crippen molar-refractivity contribution in [2.45, 2.75) is 52.8 Å². The summed E-state index contributed by atoms with van der Waals surface area (Å²) in [6, 6.07) is 22.0. The Hall–Kier alpha value is -2.91. The molecule has 0 fully saturated rings. The van der Waals surface area contributed by atoms with Crippen molar-refractivity contribution in [3.8, 4) is 11.3 Å². The molecule has 0 aliphatic rings. The van der Waals surface area contributed by atoms with Crippen molar-refractivity contribution in [1.29, 1.82) is 0 Å². The minimum atomic E-state index is -1.81. The monoisotopic (exact) mass is 452 g/mol. The summed E-state index contributed by atoms with van der Waals surface area (Å²) in [5.74, 6) is 0. The van der Waals surface area contributed by atoms with Gasteiger partial charge >= 0.3 is 0 Å². The molecule has 2 aromatic heterocycles. The van der Waals surface area contributed by atoms with Gasteiger partial charge in [0, 0.05) is 28.3 Å². The molecular weight excluding hydrogens is 418 g/mol. The number of nitrogens with zero attached hydrogens (tertiary/aromatic N) is 1. The number of hydrogen-bond acceptors (Lipinski definition) is 1. The van der Waals surface area contributed by atoms with Crippen molar-refractivity contribution in [3.63, 3.8) is 0 Å². The van der Waals surface area contributed by atoms with E-state index < -0.39 is 8.07 Å². The SMILES string of the molecule is Cc1cc2c(oc3ccccc32)c(-c2cc([Si](C)(C)C(C)(C)C)c3ccccc3[n+]2C)c1C. The molecule has 0 amide bonds. The zero-order chi connectivity index (χ0) is 23.7. The Morgan fingerprint density at radius 2 is 1.45 bits per heavy atom. The van der Waals surface area contributed by atoms with Crippen molar-refractivity contribution < 1.29 is 8.98 Å². The van der Waals surface area contributed by atoms with Gasteiger partial charge in [-0.05, 0) is 53.4 Å². The van der Waals surface area contributed by atoms with Crippen LogP contribution in [0, 0.1) is 13.8 Å². The maximum absolute atomic E-state index is 6.53. The van der Waals surface area contributed by atoms with Crippen molar-refractivity contribution in [2.24, 2.45) is 7.05 Å². The van der Waals surface area contributed by atoms with Crippen LogP contribution in [0.1, 0.15) is 31.9 Å². The maximum Gasteiger partial charge on any atom is 0.216 e. The third kappa shape index (κ3) is 3.17. The summed E-state index contributed by atoms with van der Waals surface area (Å²) in [5.41, 5.74) is 8.26. The second kappa shape index (κ2) is 7.29. The van der Waals surface area contributed by atoms with E-state index >= 15 is 0 Å². The molecule has 0 radical (unpaired) electrons. The lowest BCUT2D eigenvalue weighted by atomic mass is 9.96. The predicted octanol–water partition coefficient (Wildman–Crippen LogP) is 7.56. The summed E-state index contributed by atoms with van der Waals surface area (Å²) < 4.78 is 8.89. The predicted molar refractivity (Wildman–Crippen MR) is 144 cm³/mol. The van der Waals surface area contributed by atoms with Crippen LogP contribution in [0.25, 0.3) is 44.1 Å². The van der Waals surface area contributed by atoms with E-state index in [0.29, 0.717) is 0 Å². The van der Waals surface area contributed by atoms with Crippen molar-refractivity contribution in [1.82, 2.24) is 0 Å². The molecule has 5 rings (SSSR count). The lowest BCUT2D eigenvalue weighted by Gasteiger charge is -2.38. The van der Waals surface area contributed by atoms with E-state index in [1.54, 1.807) is 0 Å². The topological polar surface area (TPSA) is 17.0 Å². The van der Waals surface area contributed by atoms with Crippen LogP contribution in [0.3, 0.4) is 0 Å². The lowest BCUT2D eigenvalue weighted by Crippen LogP contribution is -2.51. The van der Waals surface area contributed by atoms with Crippen LogP contribution < -0.4 is 9.75 Å². The molecule has 0 aliphatic carbocycles. The number of fused-ring (bicyclic) bond motifs is 4. The van der Waals surface area contributed by atoms with Gasteiger partial charge in [-0.1, -0.05) is 64.2 Å². The summed E-state index contributed by atoms with van der Waals surface area (Å²) in [6.45, 7) is 16.7. The van der Waals surface area contributed by atoms with E-state index in [4.69, 9.17) is 4.42 Å². The zero-order valence-electron chi connectivity index (χ0n) is 21.1. The molecule has 0 atom stereocenters. The molecule has 0 aliphatic heterocycles. The van der Waals surface area contributed by atoms with E-state index in [1.165, 1.54) is 49.2 Å². The number of benzene rings is 3. The largest absolute Gasteiger partial charge is 0.455 e. The summed E-state index contributed by atoms with van der Waals surface area (Å²) in [7, 11) is 0.391. The standard InChI is InChI=1S/C30H34NOSi/c1-19-17-23-21-13-10-12-16-26(21)32-29(23)28(20(19)2)25-18-27(33(7,8)30(3,4)5)22-14-9-11-15-24(22)31(25)6/h9-18H,1-8H3/q+1. The van der Waals surface area contributed by atoms with E-state index in [-0.39, 0.29) is 5.04 Å². The number of aryl methyl sites for hydroxylation is 2. The minimum absolute atomic E-state index is 0.239. The molecule has 0 saturated heterocycles. The molecule has 2 heterocycles. The van der Waals surface area contributed by atoms with E-state index in [1.807, 2.05) is 0 Å². The molecule has 3 aromatic carbocycles. The second-order valence-electron chi connectivity index (χ2n) is 11.1. The summed E-state index contributed by atoms with van der Waals surface area (Å²) >= 11 is 0. The molecule has 5 aromatic rings. The fourth-order valence-electron chi connectivity index (χ4n) is 4.99. The van der Waals surface area contributed by atoms with Crippen LogP contribution in [-0.2, 0) is 7.05 Å². The molecule has 33 heavy (non-hydrogen) atoms. The van der Waals surface area contributed by atoms with Gasteiger partial charge in [-0.3, -0.25) is 0 Å². The van der Waals surface area contributed by atoms with Gasteiger partial charge in [0.2, 0.25) is 11.2 Å². The first-order valence-corrected chi connectivity index (χ1v) is 14.9. The number of pyridine rings is 1. The number of aromatic nitrogens is 1. The van der Waals surface area contributed by atoms with Crippen molar-refractivity contribution in [2.75, 3.05) is 0 Å². The molecule has 0 saturated carbocycles. The molecule has 0 N–H and O–H groups in total. The van der Waals surface area contributed by atoms with Gasteiger partial charge < -0.3 is 4.42 Å². The van der Waals surface area contributed by atoms with Crippen molar-refractivity contribution in [3.05, 3.63) is 71.8 Å². The van der Waals surface area contributed by atoms with Gasteiger partial charge in [-0.15, -0.1) is 0 Å². The first-order valence-electron chi connectivity index (χ1n) is 11.9. The van der Waals surface area contributed by atoms with E-state index in [0.717, 1.165) is 11.2 Å². The van der Waals surface area contributed by atoms with Crippen molar-refractivity contribution >= 4 is 46.1 Å². The fraction of sp³-hybridized carbons (Fsp3) is 0.300. The zero-order valence-corrected chi connectivity index (χ0v) is 22.1. The number of hydrogen-bond donors (Lipinski definition) is 0. The minimum Gasteiger partial charge on any atom is -0.455 e. The van der Waals surface area contributed by atoms with Gasteiger partial charge in [0.25, 0.3) is 0 Å². The smallest absolute Gasteiger partial charge is 0.216 e. The Balaban J connectivity index is 1.96. The Bertz CT molecular complexity index is 1550. The lowest BCUT2D eigenvalue weighted by molar-refractivity contribution is -0.633. The average molecular weight is 453 g/mol. The third-order valence-corrected chi connectivity index (χ3v) is 13.7. The van der Waals surface area contributed by atoms with E-state index in [9.17, 15) is 0 Å². The van der Waals surface area contributed by atoms with Gasteiger partial charge in [-0.25, -0.2) is 0 Å². The molecule has 2 nitrogen and oxygen atoms in total. The van der Waals surface area contributed by atoms with Crippen LogP contribution in [0.5, 0.6) is 0 Å². The molecule has 0 spiro atoms. The van der Waals surface area contributed by atoms with Crippen LogP contribution >= 0.6 is 0 Å². The van der Waals surface area contributed by atoms with Gasteiger partial charge in [-0.2, -0.15) is 4.57 Å². The van der Waals surface area contributed by atoms with Gasteiger partial charge in [0.05, 0.1) is 13.6 Å². The van der Waals surface area contributed by atoms with Gasteiger partial charge in [0.15, 0.2) is 0 Å². The Morgan fingerprint density at radius 3 is 2.15 bits per heavy atom. The fourth-order valence-corrected chi connectivity index (χ4v) is 7.18. The number of furan rings is 1. The highest BCUT2D eigenvalue weighted by molar-refractivity contribution is 6.93. The average Bonchev–Trinajstić information content (AvgIpc) is 3.13. The highest BCUT2D eigenvalue weighted by Crippen LogP contribution is 2.40. The molecule has 168 valence electrons. The molecule has 0 unspecified atom stereocenters. The van der Waals surface area contributed by atoms with Crippen LogP contribution in [-0.4, -0.2) is 8.07 Å². The summed E-state index contributed by atoms with van der Waals surface area (Å²) in [4.78, 5) is 0. The Kier molecular flexibility index (Phi) is 4.84. The Labute approximate surface area is 197 Å². The maximum atomic E-state index is 6.53. The molecule has 3 heteroatoms. The van der Waals surface area contributed by atoms with Crippen LogP contribution in [0.15, 0.2) is 65.1 Å². The van der Waals surface area contributed by atoms with E-state index in [2.05, 4.69) is 120 Å². The molecular formula is C30H34NOSi+. The first kappa shape index (κ1) is 21.9.